The largest absolute Gasteiger partial charge is 0.489 e. The Balaban J connectivity index is 1.59. The maximum Gasteiger partial charge on any atom is 0.306 e. The number of hydrogen-bond donors (Lipinski definition) is 1. The van der Waals surface area contributed by atoms with Crippen LogP contribution in [0.4, 0.5) is 0 Å². The molecule has 0 spiro atoms. The Morgan fingerprint density at radius 1 is 0.865 bits per heavy atom. The van der Waals surface area contributed by atoms with Gasteiger partial charge in [0.25, 0.3) is 5.91 Å². The molecule has 1 N–H and O–H groups in total. The van der Waals surface area contributed by atoms with Crippen LogP contribution >= 0.6 is 0 Å². The van der Waals surface area contributed by atoms with Crippen molar-refractivity contribution >= 4 is 22.6 Å². The number of carbonyl (C=O) groups is 2. The van der Waals surface area contributed by atoms with Crippen LogP contribution in [-0.4, -0.2) is 18.5 Å². The van der Waals surface area contributed by atoms with Gasteiger partial charge in [0.05, 0.1) is 12.6 Å². The van der Waals surface area contributed by atoms with E-state index in [2.05, 4.69) is 36.5 Å². The summed E-state index contributed by atoms with van der Waals surface area (Å²) in [7, 11) is 0. The van der Waals surface area contributed by atoms with E-state index in [0.717, 1.165) is 39.6 Å². The number of hydrogen-bond acceptors (Lipinski definition) is 4. The second kappa shape index (κ2) is 12.7. The monoisotopic (exact) mass is 495 g/mol. The molecule has 190 valence electrons. The first kappa shape index (κ1) is 26.0. The van der Waals surface area contributed by atoms with Crippen molar-refractivity contribution in [2.45, 2.75) is 45.8 Å². The Bertz CT molecular complexity index is 1340. The minimum Gasteiger partial charge on any atom is -0.489 e. The van der Waals surface area contributed by atoms with Gasteiger partial charge in [-0.15, -0.1) is 0 Å². The van der Waals surface area contributed by atoms with Crippen LogP contribution in [0.3, 0.4) is 0 Å². The van der Waals surface area contributed by atoms with Crippen LogP contribution in [-0.2, 0) is 22.6 Å². The predicted octanol–water partition coefficient (Wildman–Crippen LogP) is 6.80. The lowest BCUT2D eigenvalue weighted by molar-refractivity contribution is -0.143. The molecule has 0 bridgehead atoms. The molecule has 1 unspecified atom stereocenters. The lowest BCUT2D eigenvalue weighted by Crippen LogP contribution is -2.29. The maximum absolute atomic E-state index is 13.7. The van der Waals surface area contributed by atoms with Gasteiger partial charge in [-0.2, -0.15) is 0 Å². The highest BCUT2D eigenvalue weighted by molar-refractivity contribution is 5.97. The summed E-state index contributed by atoms with van der Waals surface area (Å²) in [5, 5.41) is 5.52. The molecule has 0 aliphatic heterocycles. The van der Waals surface area contributed by atoms with Gasteiger partial charge in [-0.05, 0) is 65.4 Å². The van der Waals surface area contributed by atoms with Crippen molar-refractivity contribution in [1.82, 2.24) is 5.32 Å². The minimum absolute atomic E-state index is 0.152. The first-order valence-corrected chi connectivity index (χ1v) is 12.8. The summed E-state index contributed by atoms with van der Waals surface area (Å²) in [5.74, 6) is 0.328. The van der Waals surface area contributed by atoms with E-state index in [1.165, 1.54) is 0 Å². The molecular weight excluding hydrogens is 462 g/mol. The molecule has 0 aliphatic carbocycles. The number of carbonyl (C=O) groups excluding carboxylic acids is 2. The van der Waals surface area contributed by atoms with Gasteiger partial charge in [0.1, 0.15) is 12.4 Å². The number of benzene rings is 4. The Hall–Kier alpha value is -4.12. The van der Waals surface area contributed by atoms with E-state index in [9.17, 15) is 9.59 Å². The van der Waals surface area contributed by atoms with Crippen molar-refractivity contribution in [2.24, 2.45) is 0 Å². The normalized spacial score (nSPS) is 11.6. The number of ether oxygens (including phenoxy) is 2. The highest BCUT2D eigenvalue weighted by atomic mass is 16.5. The highest BCUT2D eigenvalue weighted by Gasteiger charge is 2.19. The molecule has 0 heterocycles. The molecule has 0 fully saturated rings. The van der Waals surface area contributed by atoms with E-state index in [-0.39, 0.29) is 24.3 Å². The van der Waals surface area contributed by atoms with Gasteiger partial charge in [0, 0.05) is 12.0 Å². The average Bonchev–Trinajstić information content (AvgIpc) is 2.94. The van der Waals surface area contributed by atoms with Crippen LogP contribution < -0.4 is 10.1 Å². The summed E-state index contributed by atoms with van der Waals surface area (Å²) in [6.07, 6.45) is 1.38. The fourth-order valence-electron chi connectivity index (χ4n) is 4.49. The number of esters is 1. The van der Waals surface area contributed by atoms with Crippen molar-refractivity contribution in [3.05, 3.63) is 113 Å². The zero-order valence-electron chi connectivity index (χ0n) is 21.4. The molecule has 0 saturated carbocycles. The summed E-state index contributed by atoms with van der Waals surface area (Å²) in [5.41, 5.74) is 3.33. The standard InChI is InChI=1S/C32H33NO4/c1-3-30(28-16-10-12-24-11-8-9-15-27(24)28)33-32(35)29-21-23(22-37-26-13-6-5-7-14-26)17-18-25(29)19-20-31(34)36-4-2/h5-18,21,30H,3-4,19-20,22H2,1-2H3,(H,33,35). The smallest absolute Gasteiger partial charge is 0.306 e. The molecule has 4 rings (SSSR count). The van der Waals surface area contributed by atoms with E-state index >= 15 is 0 Å². The summed E-state index contributed by atoms with van der Waals surface area (Å²) in [6, 6.07) is 29.5. The molecule has 4 aromatic carbocycles. The highest BCUT2D eigenvalue weighted by Crippen LogP contribution is 2.27. The molecule has 0 aliphatic rings. The fraction of sp³-hybridized carbons (Fsp3) is 0.250. The summed E-state index contributed by atoms with van der Waals surface area (Å²) >= 11 is 0. The third-order valence-corrected chi connectivity index (χ3v) is 6.38. The van der Waals surface area contributed by atoms with E-state index in [1.807, 2.05) is 66.7 Å². The molecule has 0 radical (unpaired) electrons. The van der Waals surface area contributed by atoms with Gasteiger partial charge >= 0.3 is 5.97 Å². The van der Waals surface area contributed by atoms with Gasteiger partial charge < -0.3 is 14.8 Å². The number of para-hydroxylation sites is 1. The average molecular weight is 496 g/mol. The number of rotatable bonds is 11. The predicted molar refractivity (Wildman–Crippen MR) is 147 cm³/mol. The van der Waals surface area contributed by atoms with E-state index in [1.54, 1.807) is 6.92 Å². The summed E-state index contributed by atoms with van der Waals surface area (Å²) in [4.78, 5) is 25.7. The number of amides is 1. The molecule has 4 aromatic rings. The number of aryl methyl sites for hydroxylation is 1. The third kappa shape index (κ3) is 6.76. The van der Waals surface area contributed by atoms with Crippen LogP contribution in [0.15, 0.2) is 91.0 Å². The van der Waals surface area contributed by atoms with Crippen LogP contribution in [0.25, 0.3) is 10.8 Å². The molecule has 0 saturated heterocycles. The maximum atomic E-state index is 13.7. The van der Waals surface area contributed by atoms with Gasteiger partial charge in [0.15, 0.2) is 0 Å². The molecule has 1 amide bonds. The molecule has 0 aromatic heterocycles. The number of fused-ring (bicyclic) bond motifs is 1. The second-order valence-corrected chi connectivity index (χ2v) is 8.90. The van der Waals surface area contributed by atoms with Crippen molar-refractivity contribution < 1.29 is 19.1 Å². The van der Waals surface area contributed by atoms with Gasteiger partial charge in [-0.25, -0.2) is 0 Å². The van der Waals surface area contributed by atoms with Crippen LogP contribution in [0.5, 0.6) is 5.75 Å². The first-order valence-electron chi connectivity index (χ1n) is 12.8. The summed E-state index contributed by atoms with van der Waals surface area (Å²) in [6.45, 7) is 4.53. The molecule has 5 nitrogen and oxygen atoms in total. The van der Waals surface area contributed by atoms with E-state index < -0.39 is 0 Å². The molecule has 37 heavy (non-hydrogen) atoms. The second-order valence-electron chi connectivity index (χ2n) is 8.90. The van der Waals surface area contributed by atoms with Gasteiger partial charge in [-0.3, -0.25) is 9.59 Å². The van der Waals surface area contributed by atoms with Crippen molar-refractivity contribution in [1.29, 1.82) is 0 Å². The Kier molecular flexibility index (Phi) is 8.93. The van der Waals surface area contributed by atoms with Crippen LogP contribution in [0.1, 0.15) is 59.8 Å². The quantitative estimate of drug-likeness (QED) is 0.233. The SMILES string of the molecule is CCOC(=O)CCc1ccc(COc2ccccc2)cc1C(=O)NC(CC)c1cccc2ccccc12. The molecular formula is C32H33NO4. The summed E-state index contributed by atoms with van der Waals surface area (Å²) < 4.78 is 11.0. The van der Waals surface area contributed by atoms with E-state index in [4.69, 9.17) is 9.47 Å². The lowest BCUT2D eigenvalue weighted by atomic mass is 9.95. The Morgan fingerprint density at radius 2 is 1.62 bits per heavy atom. The zero-order valence-corrected chi connectivity index (χ0v) is 21.4. The van der Waals surface area contributed by atoms with Crippen LogP contribution in [0, 0.1) is 0 Å². The van der Waals surface area contributed by atoms with Crippen molar-refractivity contribution in [2.75, 3.05) is 6.61 Å². The Labute approximate surface area is 218 Å². The van der Waals surface area contributed by atoms with Crippen LogP contribution in [0.2, 0.25) is 0 Å². The number of nitrogens with one attached hydrogen (secondary N) is 1. The molecule has 1 atom stereocenters. The minimum atomic E-state index is -0.271. The topological polar surface area (TPSA) is 64.6 Å². The third-order valence-electron chi connectivity index (χ3n) is 6.38. The van der Waals surface area contributed by atoms with Gasteiger partial charge in [-0.1, -0.05) is 79.7 Å². The van der Waals surface area contributed by atoms with Crippen molar-refractivity contribution in [3.63, 3.8) is 0 Å². The zero-order chi connectivity index (χ0) is 26.0. The Morgan fingerprint density at radius 3 is 2.41 bits per heavy atom. The first-order chi connectivity index (χ1) is 18.1. The van der Waals surface area contributed by atoms with Gasteiger partial charge in [0.2, 0.25) is 0 Å². The fourth-order valence-corrected chi connectivity index (χ4v) is 4.49. The van der Waals surface area contributed by atoms with E-state index in [0.29, 0.717) is 25.2 Å². The molecule has 5 heteroatoms. The lowest BCUT2D eigenvalue weighted by Gasteiger charge is -2.21. The van der Waals surface area contributed by atoms with Crippen molar-refractivity contribution in [3.8, 4) is 5.75 Å².